The summed E-state index contributed by atoms with van der Waals surface area (Å²) >= 11 is 0. The maximum atomic E-state index is 13.8. The molecular weight excluding hydrogens is 414 g/mol. The molecule has 0 saturated carbocycles. The Balaban J connectivity index is 1.74. The van der Waals surface area contributed by atoms with Crippen molar-refractivity contribution in [2.24, 2.45) is 0 Å². The van der Waals surface area contributed by atoms with Crippen LogP contribution in [0.25, 0.3) is 11.3 Å². The number of hydrogen-bond acceptors (Lipinski definition) is 5. The van der Waals surface area contributed by atoms with Gasteiger partial charge in [-0.3, -0.25) is 4.79 Å². The highest BCUT2D eigenvalue weighted by Crippen LogP contribution is 2.33. The summed E-state index contributed by atoms with van der Waals surface area (Å²) in [6.07, 6.45) is 2.05. The molecule has 6 heteroatoms. The SMILES string of the molecule is CCN(CC)c1onc(-c2ccccc2)c1CN(C[C@H]1CCCO1)C(=O)c1ccccc1C. The van der Waals surface area contributed by atoms with E-state index in [2.05, 4.69) is 23.9 Å². The zero-order valence-electron chi connectivity index (χ0n) is 19.8. The molecule has 6 nitrogen and oxygen atoms in total. The molecule has 1 aliphatic heterocycles. The van der Waals surface area contributed by atoms with Crippen LogP contribution >= 0.6 is 0 Å². The number of rotatable bonds is 9. The first-order valence-corrected chi connectivity index (χ1v) is 11.9. The van der Waals surface area contributed by atoms with E-state index in [0.29, 0.717) is 13.1 Å². The van der Waals surface area contributed by atoms with Crippen LogP contribution < -0.4 is 4.90 Å². The molecule has 174 valence electrons. The number of nitrogens with zero attached hydrogens (tertiary/aromatic N) is 3. The zero-order valence-corrected chi connectivity index (χ0v) is 19.8. The molecule has 4 rings (SSSR count). The summed E-state index contributed by atoms with van der Waals surface area (Å²) in [4.78, 5) is 17.8. The van der Waals surface area contributed by atoms with E-state index < -0.39 is 0 Å². The second kappa shape index (κ2) is 10.7. The maximum absolute atomic E-state index is 13.8. The second-order valence-electron chi connectivity index (χ2n) is 8.49. The minimum Gasteiger partial charge on any atom is -0.376 e. The number of anilines is 1. The Kier molecular flexibility index (Phi) is 7.45. The van der Waals surface area contributed by atoms with Gasteiger partial charge in [0.1, 0.15) is 5.69 Å². The first kappa shape index (κ1) is 23.1. The number of ether oxygens (including phenoxy) is 1. The van der Waals surface area contributed by atoms with Gasteiger partial charge in [0.15, 0.2) is 0 Å². The smallest absolute Gasteiger partial charge is 0.254 e. The predicted octanol–water partition coefficient (Wildman–Crippen LogP) is 5.32. The molecule has 0 N–H and O–H groups in total. The van der Waals surface area contributed by atoms with Crippen LogP contribution in [-0.2, 0) is 11.3 Å². The van der Waals surface area contributed by atoms with Crippen molar-refractivity contribution < 1.29 is 14.1 Å². The van der Waals surface area contributed by atoms with Crippen molar-refractivity contribution in [2.75, 3.05) is 31.1 Å². The summed E-state index contributed by atoms with van der Waals surface area (Å²) in [7, 11) is 0. The van der Waals surface area contributed by atoms with Gasteiger partial charge in [-0.25, -0.2) is 0 Å². The fourth-order valence-corrected chi connectivity index (χ4v) is 4.45. The third-order valence-electron chi connectivity index (χ3n) is 6.32. The van der Waals surface area contributed by atoms with E-state index in [1.165, 1.54) is 0 Å². The van der Waals surface area contributed by atoms with Crippen LogP contribution in [0.15, 0.2) is 59.1 Å². The highest BCUT2D eigenvalue weighted by molar-refractivity contribution is 5.95. The van der Waals surface area contributed by atoms with Crippen LogP contribution in [0.2, 0.25) is 0 Å². The number of amides is 1. The molecule has 0 radical (unpaired) electrons. The summed E-state index contributed by atoms with van der Waals surface area (Å²) in [6.45, 7) is 9.48. The van der Waals surface area contributed by atoms with Crippen molar-refractivity contribution in [3.8, 4) is 11.3 Å². The van der Waals surface area contributed by atoms with Gasteiger partial charge in [0.2, 0.25) is 5.88 Å². The fraction of sp³-hybridized carbons (Fsp3) is 0.407. The Hall–Kier alpha value is -3.12. The molecule has 2 aromatic carbocycles. The molecule has 3 aromatic rings. The van der Waals surface area contributed by atoms with Crippen LogP contribution in [0.1, 0.15) is 48.2 Å². The topological polar surface area (TPSA) is 58.8 Å². The average Bonchev–Trinajstić information content (AvgIpc) is 3.50. The fourth-order valence-electron chi connectivity index (χ4n) is 4.45. The van der Waals surface area contributed by atoms with Crippen LogP contribution in [0.5, 0.6) is 0 Å². The Morgan fingerprint density at radius 2 is 1.79 bits per heavy atom. The molecule has 1 saturated heterocycles. The van der Waals surface area contributed by atoms with Crippen molar-refractivity contribution >= 4 is 11.8 Å². The number of aromatic nitrogens is 1. The summed E-state index contributed by atoms with van der Waals surface area (Å²) in [5.74, 6) is 0.739. The Labute approximate surface area is 196 Å². The van der Waals surface area contributed by atoms with Crippen molar-refractivity contribution in [2.45, 2.75) is 46.3 Å². The molecular formula is C27H33N3O3. The molecule has 1 aliphatic rings. The van der Waals surface area contributed by atoms with Crippen LogP contribution in [0.4, 0.5) is 5.88 Å². The average molecular weight is 448 g/mol. The van der Waals surface area contributed by atoms with E-state index in [0.717, 1.165) is 66.4 Å². The molecule has 2 heterocycles. The number of hydrogen-bond donors (Lipinski definition) is 0. The Morgan fingerprint density at radius 3 is 2.45 bits per heavy atom. The third-order valence-corrected chi connectivity index (χ3v) is 6.32. The van der Waals surface area contributed by atoms with Gasteiger partial charge in [0, 0.05) is 37.4 Å². The third kappa shape index (κ3) is 5.11. The van der Waals surface area contributed by atoms with Crippen LogP contribution in [-0.4, -0.2) is 48.3 Å². The standard InChI is InChI=1S/C27H33N3O3/c1-4-29(5-2)27-24(25(28-33-27)21-13-7-6-8-14-21)19-30(18-22-15-11-17-32-22)26(31)23-16-10-9-12-20(23)3/h6-10,12-14,16,22H,4-5,11,15,17-19H2,1-3H3/t22-/m1/s1. The van der Waals surface area contributed by atoms with Crippen LogP contribution in [0.3, 0.4) is 0 Å². The van der Waals surface area contributed by atoms with E-state index in [1.807, 2.05) is 66.4 Å². The molecule has 0 unspecified atom stereocenters. The second-order valence-corrected chi connectivity index (χ2v) is 8.49. The van der Waals surface area contributed by atoms with Gasteiger partial charge in [-0.2, -0.15) is 0 Å². The summed E-state index contributed by atoms with van der Waals surface area (Å²) < 4.78 is 11.8. The summed E-state index contributed by atoms with van der Waals surface area (Å²) in [5, 5.41) is 4.45. The Morgan fingerprint density at radius 1 is 1.06 bits per heavy atom. The van der Waals surface area contributed by atoms with Crippen molar-refractivity contribution in [1.82, 2.24) is 10.1 Å². The molecule has 33 heavy (non-hydrogen) atoms. The molecule has 1 fully saturated rings. The van der Waals surface area contributed by atoms with Crippen molar-refractivity contribution in [1.29, 1.82) is 0 Å². The zero-order chi connectivity index (χ0) is 23.2. The lowest BCUT2D eigenvalue weighted by Gasteiger charge is -2.27. The van der Waals surface area contributed by atoms with Gasteiger partial charge in [0.05, 0.1) is 18.2 Å². The minimum absolute atomic E-state index is 0.00862. The molecule has 1 amide bonds. The van der Waals surface area contributed by atoms with E-state index in [-0.39, 0.29) is 12.0 Å². The van der Waals surface area contributed by atoms with E-state index in [4.69, 9.17) is 9.26 Å². The van der Waals surface area contributed by atoms with Gasteiger partial charge in [-0.1, -0.05) is 53.7 Å². The lowest BCUT2D eigenvalue weighted by atomic mass is 10.0. The first-order chi connectivity index (χ1) is 16.1. The van der Waals surface area contributed by atoms with Crippen LogP contribution in [0, 0.1) is 6.92 Å². The van der Waals surface area contributed by atoms with Gasteiger partial charge < -0.3 is 19.1 Å². The normalized spacial score (nSPS) is 15.5. The highest BCUT2D eigenvalue weighted by atomic mass is 16.5. The highest BCUT2D eigenvalue weighted by Gasteiger charge is 2.29. The van der Waals surface area contributed by atoms with Crippen molar-refractivity contribution in [3.05, 3.63) is 71.3 Å². The minimum atomic E-state index is 0.00862. The van der Waals surface area contributed by atoms with E-state index in [9.17, 15) is 4.79 Å². The number of benzene rings is 2. The number of carbonyl (C=O) groups excluding carboxylic acids is 1. The monoisotopic (exact) mass is 447 g/mol. The Bertz CT molecular complexity index is 1050. The summed E-state index contributed by atoms with van der Waals surface area (Å²) in [5.41, 5.74) is 4.39. The lowest BCUT2D eigenvalue weighted by molar-refractivity contribution is 0.0507. The largest absolute Gasteiger partial charge is 0.376 e. The molecule has 0 aliphatic carbocycles. The van der Waals surface area contributed by atoms with E-state index in [1.54, 1.807) is 0 Å². The molecule has 0 bridgehead atoms. The van der Waals surface area contributed by atoms with E-state index >= 15 is 0 Å². The van der Waals surface area contributed by atoms with Gasteiger partial charge in [-0.05, 0) is 45.2 Å². The number of carbonyl (C=O) groups is 1. The first-order valence-electron chi connectivity index (χ1n) is 11.9. The predicted molar refractivity (Wildman–Crippen MR) is 130 cm³/mol. The van der Waals surface area contributed by atoms with Crippen molar-refractivity contribution in [3.63, 3.8) is 0 Å². The van der Waals surface area contributed by atoms with Gasteiger partial charge in [-0.15, -0.1) is 0 Å². The number of aryl methyl sites for hydroxylation is 1. The van der Waals surface area contributed by atoms with Gasteiger partial charge in [0.25, 0.3) is 5.91 Å². The molecule has 0 spiro atoms. The molecule has 1 atom stereocenters. The lowest BCUT2D eigenvalue weighted by Crippen LogP contribution is -2.37. The summed E-state index contributed by atoms with van der Waals surface area (Å²) in [6, 6.07) is 17.8. The quantitative estimate of drug-likeness (QED) is 0.444. The van der Waals surface area contributed by atoms with Gasteiger partial charge >= 0.3 is 0 Å². The molecule has 1 aromatic heterocycles. The maximum Gasteiger partial charge on any atom is 0.254 e.